The molecule has 0 aliphatic carbocycles. The highest BCUT2D eigenvalue weighted by Crippen LogP contribution is 2.25. The topological polar surface area (TPSA) is 73.1 Å². The number of pyridine rings is 2. The first-order chi connectivity index (χ1) is 9.85. The van der Waals surface area contributed by atoms with E-state index in [-0.39, 0.29) is 5.60 Å². The molecular weight excluding hydrogens is 264 g/mol. The van der Waals surface area contributed by atoms with E-state index in [1.807, 2.05) is 39.1 Å². The van der Waals surface area contributed by atoms with Gasteiger partial charge in [0.05, 0.1) is 5.69 Å². The third-order valence-electron chi connectivity index (χ3n) is 2.90. The van der Waals surface area contributed by atoms with E-state index in [2.05, 4.69) is 22.2 Å². The Hall–Kier alpha value is -2.30. The highest BCUT2D eigenvalue weighted by molar-refractivity contribution is 5.54. The Labute approximate surface area is 125 Å². The van der Waals surface area contributed by atoms with Gasteiger partial charge in [-0.2, -0.15) is 4.98 Å². The normalized spacial score (nSPS) is 11.2. The molecule has 0 radical (unpaired) electrons. The summed E-state index contributed by atoms with van der Waals surface area (Å²) >= 11 is 0. The van der Waals surface area contributed by atoms with Gasteiger partial charge in [0.1, 0.15) is 11.4 Å². The number of anilines is 2. The molecule has 2 rings (SSSR count). The van der Waals surface area contributed by atoms with Crippen molar-refractivity contribution in [2.45, 2.75) is 39.8 Å². The Morgan fingerprint density at radius 3 is 2.67 bits per heavy atom. The molecule has 5 nitrogen and oxygen atoms in total. The summed E-state index contributed by atoms with van der Waals surface area (Å²) in [5.74, 6) is 1.18. The van der Waals surface area contributed by atoms with E-state index in [9.17, 15) is 0 Å². The average molecular weight is 286 g/mol. The summed E-state index contributed by atoms with van der Waals surface area (Å²) < 4.78 is 5.76. The second-order valence-electron chi connectivity index (χ2n) is 5.96. The zero-order valence-electron chi connectivity index (χ0n) is 13.0. The molecule has 0 spiro atoms. The van der Waals surface area contributed by atoms with Crippen molar-refractivity contribution in [1.82, 2.24) is 9.97 Å². The van der Waals surface area contributed by atoms with Crippen molar-refractivity contribution in [2.75, 3.05) is 11.1 Å². The van der Waals surface area contributed by atoms with Crippen LogP contribution in [0.3, 0.4) is 0 Å². The van der Waals surface area contributed by atoms with Gasteiger partial charge in [0.25, 0.3) is 0 Å². The Bertz CT molecular complexity index is 620. The van der Waals surface area contributed by atoms with Gasteiger partial charge in [0, 0.05) is 18.9 Å². The van der Waals surface area contributed by atoms with Gasteiger partial charge in [-0.05, 0) is 57.0 Å². The van der Waals surface area contributed by atoms with Crippen LogP contribution >= 0.6 is 0 Å². The monoisotopic (exact) mass is 286 g/mol. The zero-order valence-corrected chi connectivity index (χ0v) is 13.0. The fourth-order valence-electron chi connectivity index (χ4n) is 1.79. The first kappa shape index (κ1) is 15.1. The van der Waals surface area contributed by atoms with E-state index in [0.29, 0.717) is 18.1 Å². The largest absolute Gasteiger partial charge is 0.470 e. The number of aromatic nitrogens is 2. The van der Waals surface area contributed by atoms with Gasteiger partial charge in [0.15, 0.2) is 0 Å². The first-order valence-electron chi connectivity index (χ1n) is 6.94. The van der Waals surface area contributed by atoms with Crippen LogP contribution in [0, 0.1) is 6.92 Å². The fourth-order valence-corrected chi connectivity index (χ4v) is 1.79. The maximum Gasteiger partial charge on any atom is 0.239 e. The van der Waals surface area contributed by atoms with Crippen LogP contribution in [0.5, 0.6) is 5.88 Å². The summed E-state index contributed by atoms with van der Waals surface area (Å²) in [5, 5.41) is 3.27. The van der Waals surface area contributed by atoms with Crippen molar-refractivity contribution in [3.05, 3.63) is 41.7 Å². The minimum Gasteiger partial charge on any atom is -0.470 e. The lowest BCUT2D eigenvalue weighted by Gasteiger charge is -2.21. The number of aryl methyl sites for hydroxylation is 1. The van der Waals surface area contributed by atoms with Gasteiger partial charge in [0.2, 0.25) is 5.88 Å². The van der Waals surface area contributed by atoms with Gasteiger partial charge in [-0.15, -0.1) is 0 Å². The van der Waals surface area contributed by atoms with E-state index in [4.69, 9.17) is 10.5 Å². The number of ether oxygens (including phenoxy) is 1. The van der Waals surface area contributed by atoms with Crippen molar-refractivity contribution < 1.29 is 4.74 Å². The molecule has 0 saturated carbocycles. The molecule has 0 unspecified atom stereocenters. The molecular formula is C16H22N4O. The predicted octanol–water partition coefficient (Wildman–Crippen LogP) is 3.16. The van der Waals surface area contributed by atoms with E-state index in [1.54, 1.807) is 12.3 Å². The van der Waals surface area contributed by atoms with Crippen molar-refractivity contribution in [2.24, 2.45) is 0 Å². The van der Waals surface area contributed by atoms with Crippen LogP contribution in [0.4, 0.5) is 11.5 Å². The number of nitrogen functional groups attached to an aromatic ring is 1. The molecule has 0 aliphatic rings. The lowest BCUT2D eigenvalue weighted by atomic mass is 10.1. The van der Waals surface area contributed by atoms with E-state index in [0.717, 1.165) is 11.4 Å². The zero-order chi connectivity index (χ0) is 15.5. The quantitative estimate of drug-likeness (QED) is 0.903. The summed E-state index contributed by atoms with van der Waals surface area (Å²) in [5.41, 5.74) is 8.43. The Kier molecular flexibility index (Phi) is 4.31. The second kappa shape index (κ2) is 5.99. The Morgan fingerprint density at radius 2 is 2.00 bits per heavy atom. The maximum atomic E-state index is 5.90. The van der Waals surface area contributed by atoms with Gasteiger partial charge in [-0.1, -0.05) is 0 Å². The van der Waals surface area contributed by atoms with Crippen LogP contribution in [0.15, 0.2) is 30.6 Å². The molecule has 112 valence electrons. The van der Waals surface area contributed by atoms with Crippen LogP contribution in [0.2, 0.25) is 0 Å². The fraction of sp³-hybridized carbons (Fsp3) is 0.375. The number of hydrogen-bond acceptors (Lipinski definition) is 5. The molecule has 0 atom stereocenters. The SMILES string of the molecule is Cc1ccncc1CNc1ccc(N)c(OC(C)(C)C)n1. The number of nitrogens with two attached hydrogens (primary N) is 1. The molecule has 0 amide bonds. The third kappa shape index (κ3) is 4.34. The molecule has 2 heterocycles. The van der Waals surface area contributed by atoms with Crippen molar-refractivity contribution in [3.8, 4) is 5.88 Å². The van der Waals surface area contributed by atoms with E-state index in [1.165, 1.54) is 5.56 Å². The molecule has 0 saturated heterocycles. The highest BCUT2D eigenvalue weighted by Gasteiger charge is 2.15. The summed E-state index contributed by atoms with van der Waals surface area (Å²) in [4.78, 5) is 8.56. The van der Waals surface area contributed by atoms with Crippen LogP contribution in [0.25, 0.3) is 0 Å². The molecule has 0 fully saturated rings. The number of nitrogens with zero attached hydrogens (tertiary/aromatic N) is 2. The summed E-state index contributed by atoms with van der Waals surface area (Å²) in [6.07, 6.45) is 3.64. The number of nitrogens with one attached hydrogen (secondary N) is 1. The Morgan fingerprint density at radius 1 is 1.24 bits per heavy atom. The van der Waals surface area contributed by atoms with Gasteiger partial charge < -0.3 is 15.8 Å². The Balaban J connectivity index is 2.11. The minimum absolute atomic E-state index is 0.334. The predicted molar refractivity (Wildman–Crippen MR) is 85.3 cm³/mol. The summed E-state index contributed by atoms with van der Waals surface area (Å²) in [6.45, 7) is 8.61. The lowest BCUT2D eigenvalue weighted by Crippen LogP contribution is -2.24. The third-order valence-corrected chi connectivity index (χ3v) is 2.90. The second-order valence-corrected chi connectivity index (χ2v) is 5.96. The first-order valence-corrected chi connectivity index (χ1v) is 6.94. The molecule has 3 N–H and O–H groups in total. The molecule has 0 bridgehead atoms. The van der Waals surface area contributed by atoms with Crippen LogP contribution in [-0.4, -0.2) is 15.6 Å². The summed E-state index contributed by atoms with van der Waals surface area (Å²) in [6, 6.07) is 5.63. The highest BCUT2D eigenvalue weighted by atomic mass is 16.5. The molecule has 21 heavy (non-hydrogen) atoms. The molecule has 0 aromatic carbocycles. The van der Waals surface area contributed by atoms with Crippen LogP contribution in [-0.2, 0) is 6.54 Å². The molecule has 2 aromatic heterocycles. The summed E-state index contributed by atoms with van der Waals surface area (Å²) in [7, 11) is 0. The van der Waals surface area contributed by atoms with Gasteiger partial charge >= 0.3 is 0 Å². The number of rotatable bonds is 4. The number of hydrogen-bond donors (Lipinski definition) is 2. The molecule has 2 aromatic rings. The van der Waals surface area contributed by atoms with E-state index < -0.39 is 0 Å². The smallest absolute Gasteiger partial charge is 0.239 e. The standard InChI is InChI=1S/C16H22N4O/c1-11-7-8-18-9-12(11)10-19-14-6-5-13(17)15(20-14)21-16(2,3)4/h5-9H,10,17H2,1-4H3,(H,19,20). The average Bonchev–Trinajstić information content (AvgIpc) is 2.39. The molecule has 5 heteroatoms. The van der Waals surface area contributed by atoms with Gasteiger partial charge in [-0.25, -0.2) is 0 Å². The maximum absolute atomic E-state index is 5.90. The van der Waals surface area contributed by atoms with Crippen LogP contribution < -0.4 is 15.8 Å². The van der Waals surface area contributed by atoms with Crippen molar-refractivity contribution in [3.63, 3.8) is 0 Å². The lowest BCUT2D eigenvalue weighted by molar-refractivity contribution is 0.125. The van der Waals surface area contributed by atoms with Crippen molar-refractivity contribution >= 4 is 11.5 Å². The van der Waals surface area contributed by atoms with Crippen molar-refractivity contribution in [1.29, 1.82) is 0 Å². The molecule has 0 aliphatic heterocycles. The van der Waals surface area contributed by atoms with E-state index >= 15 is 0 Å². The van der Waals surface area contributed by atoms with Crippen LogP contribution in [0.1, 0.15) is 31.9 Å². The van der Waals surface area contributed by atoms with Gasteiger partial charge in [-0.3, -0.25) is 4.98 Å². The minimum atomic E-state index is -0.334.